The first-order chi connectivity index (χ1) is 11.0. The highest BCUT2D eigenvalue weighted by atomic mass is 35.6. The van der Waals surface area contributed by atoms with Crippen LogP contribution in [0.25, 0.3) is 0 Å². The Kier molecular flexibility index (Phi) is 7.22. The molecule has 24 heavy (non-hydrogen) atoms. The summed E-state index contributed by atoms with van der Waals surface area (Å²) in [6.07, 6.45) is -0.849. The van der Waals surface area contributed by atoms with Crippen LogP contribution in [0.4, 0.5) is 5.69 Å². The average molecular weight is 416 g/mol. The Hall–Kier alpha value is -1.15. The van der Waals surface area contributed by atoms with Gasteiger partial charge in [-0.25, -0.2) is 8.42 Å². The summed E-state index contributed by atoms with van der Waals surface area (Å²) in [5, 5.41) is 6.19. The highest BCUT2D eigenvalue weighted by Gasteiger charge is 2.34. The maximum absolute atomic E-state index is 11.8. The molecule has 1 amide bonds. The lowest BCUT2D eigenvalue weighted by Crippen LogP contribution is -2.49. The van der Waals surface area contributed by atoms with Gasteiger partial charge in [0.1, 0.15) is 11.9 Å². The van der Waals surface area contributed by atoms with Gasteiger partial charge in [-0.15, -0.1) is 0 Å². The fourth-order valence-corrected chi connectivity index (χ4v) is 2.73. The molecule has 0 aliphatic carbocycles. The average Bonchev–Trinajstić information content (AvgIpc) is 2.53. The first-order valence-corrected chi connectivity index (χ1v) is 9.41. The van der Waals surface area contributed by atoms with Crippen molar-refractivity contribution in [2.75, 3.05) is 12.4 Å². The van der Waals surface area contributed by atoms with Crippen molar-refractivity contribution in [2.24, 2.45) is 0 Å². The van der Waals surface area contributed by atoms with Gasteiger partial charge in [0, 0.05) is 17.9 Å². The molecule has 1 rings (SSSR count). The van der Waals surface area contributed by atoms with Crippen molar-refractivity contribution >= 4 is 56.2 Å². The van der Waals surface area contributed by atoms with E-state index in [-0.39, 0.29) is 23.0 Å². The number of hydrogen-bond acceptors (Lipinski definition) is 5. The molecule has 0 aliphatic heterocycles. The number of carbonyl (C=O) groups excluding carboxylic acids is 1. The second kappa shape index (κ2) is 8.29. The number of ether oxygens (including phenoxy) is 1. The Morgan fingerprint density at radius 3 is 2.50 bits per heavy atom. The topological polar surface area (TPSA) is 84.5 Å². The third kappa shape index (κ3) is 5.44. The summed E-state index contributed by atoms with van der Waals surface area (Å²) >= 11 is 17.6. The molecule has 0 aromatic heterocycles. The zero-order valence-electron chi connectivity index (χ0n) is 13.0. The van der Waals surface area contributed by atoms with E-state index in [1.54, 1.807) is 6.92 Å². The van der Waals surface area contributed by atoms with E-state index in [9.17, 15) is 13.2 Å². The lowest BCUT2D eigenvalue weighted by molar-refractivity contribution is -0.121. The van der Waals surface area contributed by atoms with Crippen LogP contribution in [-0.4, -0.2) is 31.4 Å². The minimum absolute atomic E-state index is 0.00271. The summed E-state index contributed by atoms with van der Waals surface area (Å²) < 4.78 is 27.0. The van der Waals surface area contributed by atoms with Crippen molar-refractivity contribution in [3.63, 3.8) is 0 Å². The number of sulfone groups is 1. The van der Waals surface area contributed by atoms with E-state index in [1.165, 1.54) is 25.3 Å². The zero-order valence-corrected chi connectivity index (χ0v) is 16.1. The number of rotatable bonds is 7. The molecule has 1 aromatic carbocycles. The largest absolute Gasteiger partial charge is 0.495 e. The molecule has 0 spiro atoms. The van der Waals surface area contributed by atoms with Gasteiger partial charge in [-0.1, -0.05) is 48.3 Å². The van der Waals surface area contributed by atoms with Gasteiger partial charge in [-0.2, -0.15) is 0 Å². The number of anilines is 1. The summed E-state index contributed by atoms with van der Waals surface area (Å²) in [5.41, 5.74) is 0.341. The predicted octanol–water partition coefficient (Wildman–Crippen LogP) is 3.25. The molecule has 134 valence electrons. The summed E-state index contributed by atoms with van der Waals surface area (Å²) in [6.45, 7) is 4.92. The second-order valence-electron chi connectivity index (χ2n) is 4.61. The summed E-state index contributed by atoms with van der Waals surface area (Å²) in [5.74, 6) is -0.133. The summed E-state index contributed by atoms with van der Waals surface area (Å²) in [7, 11) is -2.26. The molecular formula is C14H17Cl3N2O4S. The molecule has 10 heteroatoms. The monoisotopic (exact) mass is 414 g/mol. The fraction of sp³-hybridized carbons (Fsp3) is 0.357. The molecule has 0 aliphatic rings. The number of hydrogen-bond donors (Lipinski definition) is 2. The number of methoxy groups -OCH3 is 1. The summed E-state index contributed by atoms with van der Waals surface area (Å²) in [4.78, 5) is 11.6. The van der Waals surface area contributed by atoms with Gasteiger partial charge in [0.25, 0.3) is 0 Å². The Morgan fingerprint density at radius 2 is 2.04 bits per heavy atom. The van der Waals surface area contributed by atoms with Crippen LogP contribution in [0.5, 0.6) is 5.75 Å². The number of alkyl halides is 3. The number of carbonyl (C=O) groups is 1. The Labute approximate surface area is 156 Å². The Bertz CT molecular complexity index is 717. The van der Waals surface area contributed by atoms with Gasteiger partial charge in [-0.05, 0) is 12.1 Å². The van der Waals surface area contributed by atoms with E-state index >= 15 is 0 Å². The summed E-state index contributed by atoms with van der Waals surface area (Å²) in [6, 6.07) is 4.09. The van der Waals surface area contributed by atoms with Crippen LogP contribution in [0.1, 0.15) is 13.3 Å². The van der Waals surface area contributed by atoms with Gasteiger partial charge in [0.15, 0.2) is 9.84 Å². The molecule has 0 fully saturated rings. The Balaban J connectivity index is 3.20. The minimum Gasteiger partial charge on any atom is -0.495 e. The van der Waals surface area contributed by atoms with E-state index in [4.69, 9.17) is 39.5 Å². The molecular weight excluding hydrogens is 399 g/mol. The van der Waals surface area contributed by atoms with Crippen LogP contribution < -0.4 is 15.4 Å². The van der Waals surface area contributed by atoms with E-state index in [0.717, 1.165) is 5.41 Å². The second-order valence-corrected chi connectivity index (χ2v) is 8.88. The molecule has 0 saturated carbocycles. The van der Waals surface area contributed by atoms with Crippen LogP contribution in [-0.2, 0) is 14.6 Å². The first kappa shape index (κ1) is 20.9. The van der Waals surface area contributed by atoms with Crippen LogP contribution in [0, 0.1) is 0 Å². The lowest BCUT2D eigenvalue weighted by atomic mass is 10.2. The van der Waals surface area contributed by atoms with Crippen molar-refractivity contribution in [2.45, 2.75) is 28.2 Å². The molecule has 0 heterocycles. The van der Waals surface area contributed by atoms with Crippen molar-refractivity contribution < 1.29 is 17.9 Å². The van der Waals surface area contributed by atoms with Crippen LogP contribution in [0.2, 0.25) is 0 Å². The highest BCUT2D eigenvalue weighted by molar-refractivity contribution is 7.94. The fourth-order valence-electron chi connectivity index (χ4n) is 1.68. The zero-order chi connectivity index (χ0) is 18.5. The molecule has 2 N–H and O–H groups in total. The molecule has 0 saturated heterocycles. The first-order valence-electron chi connectivity index (χ1n) is 6.73. The molecule has 1 aromatic rings. The molecule has 0 bridgehead atoms. The number of nitrogens with one attached hydrogen (secondary N) is 2. The third-order valence-corrected chi connectivity index (χ3v) is 4.98. The quantitative estimate of drug-likeness (QED) is 0.527. The van der Waals surface area contributed by atoms with Gasteiger partial charge in [-0.3, -0.25) is 4.79 Å². The molecule has 0 unspecified atom stereocenters. The van der Waals surface area contributed by atoms with E-state index in [0.29, 0.717) is 5.69 Å². The number of benzene rings is 1. The molecule has 1 atom stereocenters. The normalized spacial score (nSPS) is 13.0. The number of amides is 1. The van der Waals surface area contributed by atoms with Crippen LogP contribution in [0.15, 0.2) is 35.1 Å². The van der Waals surface area contributed by atoms with Gasteiger partial charge >= 0.3 is 0 Å². The van der Waals surface area contributed by atoms with Gasteiger partial charge < -0.3 is 15.4 Å². The van der Waals surface area contributed by atoms with Gasteiger partial charge in [0.05, 0.1) is 17.7 Å². The van der Waals surface area contributed by atoms with Crippen LogP contribution >= 0.6 is 34.8 Å². The van der Waals surface area contributed by atoms with E-state index in [2.05, 4.69) is 17.2 Å². The molecule has 6 nitrogen and oxygen atoms in total. The van der Waals surface area contributed by atoms with Crippen molar-refractivity contribution in [3.05, 3.63) is 30.2 Å². The maximum atomic E-state index is 11.8. The van der Waals surface area contributed by atoms with Crippen molar-refractivity contribution in [1.29, 1.82) is 0 Å². The van der Waals surface area contributed by atoms with E-state index < -0.39 is 19.8 Å². The van der Waals surface area contributed by atoms with Crippen molar-refractivity contribution in [1.82, 2.24) is 5.32 Å². The molecule has 0 radical (unpaired) electrons. The standard InChI is InChI=1S/C14H17Cl3N2O4S/c1-4-12(20)19-13(14(15,16)17)18-10-7-6-9(8-11(10)23-3)24(21,22)5-2/h5-8,13,18H,2,4H2,1,3H3,(H,19,20)/t13-/m0/s1. The smallest absolute Gasteiger partial charge is 0.228 e. The van der Waals surface area contributed by atoms with Crippen molar-refractivity contribution in [3.8, 4) is 5.75 Å². The third-order valence-electron chi connectivity index (χ3n) is 2.97. The highest BCUT2D eigenvalue weighted by Crippen LogP contribution is 2.34. The SMILES string of the molecule is C=CS(=O)(=O)c1ccc(N[C@@H](NC(=O)CC)C(Cl)(Cl)Cl)c(OC)c1. The Morgan fingerprint density at radius 1 is 1.42 bits per heavy atom. The maximum Gasteiger partial charge on any atom is 0.228 e. The van der Waals surface area contributed by atoms with Gasteiger partial charge in [0.2, 0.25) is 9.70 Å². The van der Waals surface area contributed by atoms with E-state index in [1.807, 2.05) is 0 Å². The number of halogens is 3. The minimum atomic E-state index is -3.62. The van der Waals surface area contributed by atoms with Crippen LogP contribution in [0.3, 0.4) is 0 Å². The lowest BCUT2D eigenvalue weighted by Gasteiger charge is -2.28. The predicted molar refractivity (Wildman–Crippen MR) is 96.5 cm³/mol.